The van der Waals surface area contributed by atoms with Gasteiger partial charge in [0.15, 0.2) is 0 Å². The Labute approximate surface area is 130 Å². The zero-order valence-electron chi connectivity index (χ0n) is 12.6. The van der Waals surface area contributed by atoms with Gasteiger partial charge in [-0.2, -0.15) is 0 Å². The molecule has 0 bridgehead atoms. The number of amides is 1. The van der Waals surface area contributed by atoms with Crippen LogP contribution in [0, 0.1) is 0 Å². The highest BCUT2D eigenvalue weighted by Crippen LogP contribution is 2.18. The van der Waals surface area contributed by atoms with Gasteiger partial charge in [0.25, 0.3) is 0 Å². The molecule has 1 saturated heterocycles. The second-order valence-electron chi connectivity index (χ2n) is 5.42. The first-order valence-electron chi connectivity index (χ1n) is 7.49. The summed E-state index contributed by atoms with van der Waals surface area (Å²) in [6, 6.07) is 2.99. The smallest absolute Gasteiger partial charge is 0.305 e. The maximum atomic E-state index is 12.6. The second kappa shape index (κ2) is 7.79. The molecule has 1 aliphatic heterocycles. The predicted molar refractivity (Wildman–Crippen MR) is 81.2 cm³/mol. The lowest BCUT2D eigenvalue weighted by atomic mass is 10.1. The summed E-state index contributed by atoms with van der Waals surface area (Å²) in [5.74, 6) is -0.330. The summed E-state index contributed by atoms with van der Waals surface area (Å²) in [7, 11) is 0. The van der Waals surface area contributed by atoms with Gasteiger partial charge in [-0.05, 0) is 25.0 Å². The van der Waals surface area contributed by atoms with Crippen LogP contribution < -0.4 is 0 Å². The molecule has 1 atom stereocenters. The first-order valence-corrected chi connectivity index (χ1v) is 7.49. The Hall–Kier alpha value is -2.08. The van der Waals surface area contributed by atoms with E-state index in [4.69, 9.17) is 9.52 Å². The molecular weight excluding hydrogens is 284 g/mol. The van der Waals surface area contributed by atoms with Gasteiger partial charge in [-0.25, -0.2) is 0 Å². The molecule has 0 aromatic carbocycles. The highest BCUT2D eigenvalue weighted by Gasteiger charge is 2.36. The monoisotopic (exact) mass is 306 g/mol. The molecule has 0 radical (unpaired) electrons. The third-order valence-corrected chi connectivity index (χ3v) is 3.84. The van der Waals surface area contributed by atoms with Crippen molar-refractivity contribution in [2.45, 2.75) is 31.8 Å². The number of carboxylic acids is 1. The van der Waals surface area contributed by atoms with Crippen LogP contribution >= 0.6 is 0 Å². The minimum absolute atomic E-state index is 0.107. The number of hydrogen-bond donors (Lipinski definition) is 1. The summed E-state index contributed by atoms with van der Waals surface area (Å²) in [6.45, 7) is 6.04. The summed E-state index contributed by atoms with van der Waals surface area (Å²) in [5, 5.41) is 9.09. The molecule has 2 rings (SSSR count). The highest BCUT2D eigenvalue weighted by molar-refractivity contribution is 5.86. The minimum Gasteiger partial charge on any atom is -0.481 e. The Morgan fingerprint density at radius 3 is 2.95 bits per heavy atom. The number of carbonyl (C=O) groups excluding carboxylic acids is 1. The van der Waals surface area contributed by atoms with Gasteiger partial charge < -0.3 is 14.4 Å². The summed E-state index contributed by atoms with van der Waals surface area (Å²) < 4.78 is 5.31. The fourth-order valence-electron chi connectivity index (χ4n) is 2.70. The molecular formula is C16H22N2O4. The van der Waals surface area contributed by atoms with Crippen LogP contribution in [-0.4, -0.2) is 52.5 Å². The number of aliphatic carboxylic acids is 1. The first-order chi connectivity index (χ1) is 10.6. The van der Waals surface area contributed by atoms with Crippen LogP contribution in [0.25, 0.3) is 0 Å². The van der Waals surface area contributed by atoms with Gasteiger partial charge in [0.2, 0.25) is 5.91 Å². The van der Waals surface area contributed by atoms with Crippen molar-refractivity contribution in [2.24, 2.45) is 0 Å². The quantitative estimate of drug-likeness (QED) is 0.585. The summed E-state index contributed by atoms with van der Waals surface area (Å²) in [6.07, 6.45) is 4.93. The Balaban J connectivity index is 2.03. The van der Waals surface area contributed by atoms with Crippen LogP contribution in [-0.2, 0) is 16.1 Å². The third-order valence-electron chi connectivity index (χ3n) is 3.84. The number of furan rings is 1. The number of rotatable bonds is 8. The van der Waals surface area contributed by atoms with E-state index < -0.39 is 12.0 Å². The SMILES string of the molecule is C=CCCCN1CCN(Cc2ccco2)C(CC(=O)O)C1=O. The molecule has 0 aliphatic carbocycles. The molecule has 6 nitrogen and oxygen atoms in total. The van der Waals surface area contributed by atoms with Crippen LogP contribution in [0.5, 0.6) is 0 Å². The topological polar surface area (TPSA) is 74.0 Å². The molecule has 22 heavy (non-hydrogen) atoms. The van der Waals surface area contributed by atoms with Crippen LogP contribution in [0.1, 0.15) is 25.0 Å². The lowest BCUT2D eigenvalue weighted by Gasteiger charge is -2.39. The molecule has 120 valence electrons. The Morgan fingerprint density at radius 2 is 2.32 bits per heavy atom. The van der Waals surface area contributed by atoms with Crippen molar-refractivity contribution in [2.75, 3.05) is 19.6 Å². The van der Waals surface area contributed by atoms with Crippen molar-refractivity contribution in [1.29, 1.82) is 0 Å². The van der Waals surface area contributed by atoms with Crippen LogP contribution in [0.4, 0.5) is 0 Å². The summed E-state index contributed by atoms with van der Waals surface area (Å²) in [5.41, 5.74) is 0. The fraction of sp³-hybridized carbons (Fsp3) is 0.500. The van der Waals surface area contributed by atoms with Crippen molar-refractivity contribution in [1.82, 2.24) is 9.80 Å². The van der Waals surface area contributed by atoms with E-state index in [0.29, 0.717) is 26.2 Å². The average molecular weight is 306 g/mol. The van der Waals surface area contributed by atoms with Gasteiger partial charge in [-0.1, -0.05) is 6.08 Å². The Kier molecular flexibility index (Phi) is 5.77. The second-order valence-corrected chi connectivity index (χ2v) is 5.42. The molecule has 6 heteroatoms. The van der Waals surface area contributed by atoms with Gasteiger partial charge in [0.1, 0.15) is 11.8 Å². The van der Waals surface area contributed by atoms with Crippen LogP contribution in [0.2, 0.25) is 0 Å². The van der Waals surface area contributed by atoms with E-state index in [9.17, 15) is 9.59 Å². The van der Waals surface area contributed by atoms with Gasteiger partial charge in [-0.3, -0.25) is 14.5 Å². The third kappa shape index (κ3) is 4.21. The van der Waals surface area contributed by atoms with E-state index in [2.05, 4.69) is 6.58 Å². The standard InChI is InChI=1S/C16H22N2O4/c1-2-3-4-7-17-8-9-18(12-13-6-5-10-22-13)14(16(17)21)11-15(19)20/h2,5-6,10,14H,1,3-4,7-9,11-12H2,(H,19,20). The van der Waals surface area contributed by atoms with E-state index in [0.717, 1.165) is 18.6 Å². The number of carboxylic acid groups (broad SMARTS) is 1. The van der Waals surface area contributed by atoms with Gasteiger partial charge in [0, 0.05) is 19.6 Å². The van der Waals surface area contributed by atoms with E-state index in [1.54, 1.807) is 17.2 Å². The molecule has 1 N–H and O–H groups in total. The zero-order chi connectivity index (χ0) is 15.9. The molecule has 1 fully saturated rings. The fourth-order valence-corrected chi connectivity index (χ4v) is 2.70. The minimum atomic E-state index is -0.962. The maximum Gasteiger partial charge on any atom is 0.305 e. The first kappa shape index (κ1) is 16.3. The van der Waals surface area contributed by atoms with E-state index in [1.165, 1.54) is 0 Å². The van der Waals surface area contributed by atoms with E-state index in [-0.39, 0.29) is 12.3 Å². The number of unbranched alkanes of at least 4 members (excludes halogenated alkanes) is 1. The number of nitrogens with zero attached hydrogens (tertiary/aromatic N) is 2. The van der Waals surface area contributed by atoms with Crippen LogP contribution in [0.15, 0.2) is 35.5 Å². The number of carbonyl (C=O) groups is 2. The molecule has 2 heterocycles. The summed E-state index contributed by atoms with van der Waals surface area (Å²) in [4.78, 5) is 27.3. The molecule has 1 amide bonds. The maximum absolute atomic E-state index is 12.6. The number of allylic oxidation sites excluding steroid dienone is 1. The zero-order valence-corrected chi connectivity index (χ0v) is 12.6. The summed E-state index contributed by atoms with van der Waals surface area (Å²) >= 11 is 0. The molecule has 1 unspecified atom stereocenters. The number of hydrogen-bond acceptors (Lipinski definition) is 4. The average Bonchev–Trinajstić information content (AvgIpc) is 2.98. The lowest BCUT2D eigenvalue weighted by Crippen LogP contribution is -2.57. The van der Waals surface area contributed by atoms with Crippen molar-refractivity contribution >= 4 is 11.9 Å². The van der Waals surface area contributed by atoms with Crippen molar-refractivity contribution < 1.29 is 19.1 Å². The van der Waals surface area contributed by atoms with Gasteiger partial charge in [-0.15, -0.1) is 6.58 Å². The number of piperazine rings is 1. The Morgan fingerprint density at radius 1 is 1.50 bits per heavy atom. The van der Waals surface area contributed by atoms with Crippen molar-refractivity contribution in [3.05, 3.63) is 36.8 Å². The van der Waals surface area contributed by atoms with Crippen molar-refractivity contribution in [3.8, 4) is 0 Å². The van der Waals surface area contributed by atoms with Gasteiger partial charge in [0.05, 0.1) is 19.2 Å². The molecule has 1 aromatic rings. The normalized spacial score (nSPS) is 19.4. The molecule has 0 saturated carbocycles. The highest BCUT2D eigenvalue weighted by atomic mass is 16.4. The predicted octanol–water partition coefficient (Wildman–Crippen LogP) is 1.73. The van der Waals surface area contributed by atoms with Crippen molar-refractivity contribution in [3.63, 3.8) is 0 Å². The lowest BCUT2D eigenvalue weighted by molar-refractivity contribution is -0.149. The van der Waals surface area contributed by atoms with E-state index >= 15 is 0 Å². The molecule has 1 aliphatic rings. The molecule has 1 aromatic heterocycles. The largest absolute Gasteiger partial charge is 0.481 e. The van der Waals surface area contributed by atoms with Crippen LogP contribution in [0.3, 0.4) is 0 Å². The molecule has 0 spiro atoms. The van der Waals surface area contributed by atoms with Gasteiger partial charge >= 0.3 is 5.97 Å². The van der Waals surface area contributed by atoms with E-state index in [1.807, 2.05) is 17.0 Å². The Bertz CT molecular complexity index is 512.